The fourth-order valence-corrected chi connectivity index (χ4v) is 2.88. The second kappa shape index (κ2) is 6.78. The summed E-state index contributed by atoms with van der Waals surface area (Å²) in [5.74, 6) is 0.660. The Balaban J connectivity index is 1.79. The number of morpholine rings is 1. The Morgan fingerprint density at radius 1 is 1.44 bits per heavy atom. The lowest BCUT2D eigenvalue weighted by atomic mass is 10.2. The van der Waals surface area contributed by atoms with Gasteiger partial charge in [-0.15, -0.1) is 11.8 Å². The number of hydrogen-bond donors (Lipinski definition) is 1. The van der Waals surface area contributed by atoms with Crippen molar-refractivity contribution in [2.45, 2.75) is 10.9 Å². The third-order valence-electron chi connectivity index (χ3n) is 2.96. The topological polar surface area (TPSA) is 55.6 Å². The molecule has 0 bridgehead atoms. The highest BCUT2D eigenvalue weighted by molar-refractivity contribution is 7.99. The van der Waals surface area contributed by atoms with Crippen molar-refractivity contribution >= 4 is 17.7 Å². The van der Waals surface area contributed by atoms with E-state index in [-0.39, 0.29) is 11.9 Å². The van der Waals surface area contributed by atoms with Crippen molar-refractivity contribution in [3.63, 3.8) is 0 Å². The number of hydrogen-bond acceptors (Lipinski definition) is 4. The molecule has 1 unspecified atom stereocenters. The van der Waals surface area contributed by atoms with Gasteiger partial charge < -0.3 is 10.5 Å². The van der Waals surface area contributed by atoms with Gasteiger partial charge >= 0.3 is 0 Å². The van der Waals surface area contributed by atoms with Crippen LogP contribution < -0.4 is 5.73 Å². The Morgan fingerprint density at radius 2 is 2.22 bits per heavy atom. The van der Waals surface area contributed by atoms with E-state index in [1.807, 2.05) is 18.2 Å². The van der Waals surface area contributed by atoms with Gasteiger partial charge in [-0.2, -0.15) is 0 Å². The van der Waals surface area contributed by atoms with Crippen molar-refractivity contribution < 1.29 is 9.53 Å². The number of nitrogens with two attached hydrogens (primary N) is 1. The lowest BCUT2D eigenvalue weighted by Gasteiger charge is -2.33. The predicted molar refractivity (Wildman–Crippen MR) is 72.5 cm³/mol. The SMILES string of the molecule is NC(=O)C1COCCN1CCSc1ccccc1. The van der Waals surface area contributed by atoms with Crippen molar-refractivity contribution in [1.29, 1.82) is 0 Å². The highest BCUT2D eigenvalue weighted by Crippen LogP contribution is 2.17. The molecule has 1 atom stereocenters. The van der Waals surface area contributed by atoms with Crippen LogP contribution in [0.15, 0.2) is 35.2 Å². The minimum atomic E-state index is -0.292. The first-order valence-electron chi connectivity index (χ1n) is 6.06. The minimum Gasteiger partial charge on any atom is -0.378 e. The number of benzene rings is 1. The molecule has 4 nitrogen and oxygen atoms in total. The van der Waals surface area contributed by atoms with Crippen LogP contribution in [0.1, 0.15) is 0 Å². The third kappa shape index (κ3) is 3.73. The summed E-state index contributed by atoms with van der Waals surface area (Å²) in [6.45, 7) is 2.74. The minimum absolute atomic E-state index is 0.268. The number of carbonyl (C=O) groups excluding carboxylic acids is 1. The maximum atomic E-state index is 11.3. The van der Waals surface area contributed by atoms with E-state index in [0.717, 1.165) is 18.8 Å². The Bertz CT molecular complexity index is 386. The monoisotopic (exact) mass is 266 g/mol. The average Bonchev–Trinajstić information content (AvgIpc) is 2.40. The van der Waals surface area contributed by atoms with Gasteiger partial charge in [0.2, 0.25) is 5.91 Å². The molecule has 0 radical (unpaired) electrons. The van der Waals surface area contributed by atoms with E-state index >= 15 is 0 Å². The third-order valence-corrected chi connectivity index (χ3v) is 3.95. The van der Waals surface area contributed by atoms with Crippen LogP contribution in [0.25, 0.3) is 0 Å². The number of primary amides is 1. The Labute approximate surface area is 111 Å². The molecule has 1 heterocycles. The molecule has 2 N–H and O–H groups in total. The maximum Gasteiger partial charge on any atom is 0.237 e. The molecule has 2 rings (SSSR count). The van der Waals surface area contributed by atoms with Gasteiger partial charge in [-0.1, -0.05) is 18.2 Å². The molecule has 1 aliphatic heterocycles. The molecule has 1 fully saturated rings. The Morgan fingerprint density at radius 3 is 2.94 bits per heavy atom. The summed E-state index contributed by atoms with van der Waals surface area (Å²) < 4.78 is 5.29. The molecule has 0 spiro atoms. The quantitative estimate of drug-likeness (QED) is 0.807. The second-order valence-corrected chi connectivity index (χ2v) is 5.36. The predicted octanol–water partition coefficient (Wildman–Crippen LogP) is 0.965. The lowest BCUT2D eigenvalue weighted by Crippen LogP contribution is -2.52. The van der Waals surface area contributed by atoms with Crippen LogP contribution in [0, 0.1) is 0 Å². The van der Waals surface area contributed by atoms with Crippen LogP contribution in [0.5, 0.6) is 0 Å². The van der Waals surface area contributed by atoms with Gasteiger partial charge in [0.1, 0.15) is 6.04 Å². The molecule has 0 aromatic heterocycles. The summed E-state index contributed by atoms with van der Waals surface area (Å²) in [6, 6.07) is 9.99. The zero-order chi connectivity index (χ0) is 12.8. The van der Waals surface area contributed by atoms with Gasteiger partial charge in [0.15, 0.2) is 0 Å². The van der Waals surface area contributed by atoms with E-state index in [1.165, 1.54) is 4.90 Å². The maximum absolute atomic E-state index is 11.3. The van der Waals surface area contributed by atoms with Crippen LogP contribution in [-0.2, 0) is 9.53 Å². The van der Waals surface area contributed by atoms with Gasteiger partial charge in [0, 0.05) is 23.7 Å². The van der Waals surface area contributed by atoms with Crippen LogP contribution in [-0.4, -0.2) is 48.9 Å². The highest BCUT2D eigenvalue weighted by Gasteiger charge is 2.26. The van der Waals surface area contributed by atoms with Gasteiger partial charge in [0.25, 0.3) is 0 Å². The first kappa shape index (κ1) is 13.4. The molecule has 0 aliphatic carbocycles. The summed E-state index contributed by atoms with van der Waals surface area (Å²) in [5, 5.41) is 0. The van der Waals surface area contributed by atoms with Crippen LogP contribution >= 0.6 is 11.8 Å². The zero-order valence-electron chi connectivity index (χ0n) is 10.2. The summed E-state index contributed by atoms with van der Waals surface area (Å²) in [4.78, 5) is 14.7. The fraction of sp³-hybridized carbons (Fsp3) is 0.462. The summed E-state index contributed by atoms with van der Waals surface area (Å²) in [5.41, 5.74) is 5.37. The molecule has 18 heavy (non-hydrogen) atoms. The summed E-state index contributed by atoms with van der Waals surface area (Å²) >= 11 is 1.79. The number of rotatable bonds is 5. The molecule has 0 saturated carbocycles. The molecular formula is C13H18N2O2S. The van der Waals surface area contributed by atoms with E-state index in [0.29, 0.717) is 13.2 Å². The van der Waals surface area contributed by atoms with E-state index in [9.17, 15) is 4.79 Å². The molecule has 1 saturated heterocycles. The molecule has 1 amide bonds. The lowest BCUT2D eigenvalue weighted by molar-refractivity contribution is -0.128. The van der Waals surface area contributed by atoms with E-state index in [4.69, 9.17) is 10.5 Å². The molecule has 1 aromatic rings. The van der Waals surface area contributed by atoms with Crippen molar-refractivity contribution in [3.05, 3.63) is 30.3 Å². The molecular weight excluding hydrogens is 248 g/mol. The highest BCUT2D eigenvalue weighted by atomic mass is 32.2. The van der Waals surface area contributed by atoms with E-state index in [1.54, 1.807) is 11.8 Å². The normalized spacial score (nSPS) is 20.8. The van der Waals surface area contributed by atoms with Gasteiger partial charge in [-0.25, -0.2) is 0 Å². The second-order valence-electron chi connectivity index (χ2n) is 4.19. The standard InChI is InChI=1S/C13H18N2O2S/c14-13(16)12-10-17-8-6-15(12)7-9-18-11-4-2-1-3-5-11/h1-5,12H,6-10H2,(H2,14,16). The summed E-state index contributed by atoms with van der Waals surface area (Å²) in [6.07, 6.45) is 0. The molecule has 5 heteroatoms. The largest absolute Gasteiger partial charge is 0.378 e. The zero-order valence-corrected chi connectivity index (χ0v) is 11.1. The number of amides is 1. The number of thioether (sulfide) groups is 1. The van der Waals surface area contributed by atoms with Gasteiger partial charge in [-0.3, -0.25) is 9.69 Å². The first-order chi connectivity index (χ1) is 8.77. The van der Waals surface area contributed by atoms with E-state index in [2.05, 4.69) is 17.0 Å². The Kier molecular flexibility index (Phi) is 5.04. The Hall–Kier alpha value is -1.04. The van der Waals surface area contributed by atoms with Crippen LogP contribution in [0.4, 0.5) is 0 Å². The van der Waals surface area contributed by atoms with Crippen LogP contribution in [0.2, 0.25) is 0 Å². The first-order valence-corrected chi connectivity index (χ1v) is 7.05. The van der Waals surface area contributed by atoms with Crippen molar-refractivity contribution in [1.82, 2.24) is 4.90 Å². The number of carbonyl (C=O) groups is 1. The fourth-order valence-electron chi connectivity index (χ4n) is 1.97. The van der Waals surface area contributed by atoms with Crippen molar-refractivity contribution in [2.75, 3.05) is 32.1 Å². The molecule has 1 aromatic carbocycles. The summed E-state index contributed by atoms with van der Waals surface area (Å²) in [7, 11) is 0. The van der Waals surface area contributed by atoms with Crippen LogP contribution in [0.3, 0.4) is 0 Å². The smallest absolute Gasteiger partial charge is 0.237 e. The molecule has 1 aliphatic rings. The molecule has 98 valence electrons. The van der Waals surface area contributed by atoms with Crippen molar-refractivity contribution in [3.8, 4) is 0 Å². The van der Waals surface area contributed by atoms with Crippen molar-refractivity contribution in [2.24, 2.45) is 5.73 Å². The average molecular weight is 266 g/mol. The number of ether oxygens (including phenoxy) is 1. The van der Waals surface area contributed by atoms with E-state index < -0.39 is 0 Å². The van der Waals surface area contributed by atoms with Gasteiger partial charge in [0.05, 0.1) is 13.2 Å². The number of nitrogens with zero attached hydrogens (tertiary/aromatic N) is 1. The van der Waals surface area contributed by atoms with Gasteiger partial charge in [-0.05, 0) is 12.1 Å².